The fourth-order valence-corrected chi connectivity index (χ4v) is 4.69. The molecule has 1 heterocycles. The van der Waals surface area contributed by atoms with E-state index < -0.39 is 18.0 Å². The maximum absolute atomic E-state index is 11.1. The average molecular weight is 413 g/mol. The largest absolute Gasteiger partial charge is 0.469 e. The van der Waals surface area contributed by atoms with Crippen LogP contribution in [0.1, 0.15) is 77.6 Å². The molecule has 0 bridgehead atoms. The number of allylic oxidation sites excluding steroid dienone is 2. The molecular weight excluding hydrogens is 372 g/mol. The molecule has 2 fully saturated rings. The van der Waals surface area contributed by atoms with Gasteiger partial charge in [-0.15, -0.1) is 0 Å². The van der Waals surface area contributed by atoms with Gasteiger partial charge in [0, 0.05) is 19.3 Å². The number of aliphatic hydroxyl groups is 2. The van der Waals surface area contributed by atoms with E-state index in [9.17, 15) is 15.0 Å². The van der Waals surface area contributed by atoms with Crippen molar-refractivity contribution in [3.63, 3.8) is 0 Å². The van der Waals surface area contributed by atoms with E-state index >= 15 is 0 Å². The molecule has 0 amide bonds. The number of carbonyl (C=O) groups is 1. The van der Waals surface area contributed by atoms with Gasteiger partial charge in [0.25, 0.3) is 0 Å². The lowest BCUT2D eigenvalue weighted by Crippen LogP contribution is -2.33. The molecule has 1 saturated carbocycles. The predicted octanol–water partition coefficient (Wildman–Crippen LogP) is 3.74. The van der Waals surface area contributed by atoms with Gasteiger partial charge in [-0.1, -0.05) is 31.9 Å². The molecular formula is C23H40O6. The Balaban J connectivity index is 1.82. The summed E-state index contributed by atoms with van der Waals surface area (Å²) in [7, 11) is 1.40. The molecule has 1 aliphatic heterocycles. The fraction of sp³-hybridized carbons (Fsp3) is 0.870. The molecule has 0 aromatic rings. The van der Waals surface area contributed by atoms with E-state index in [1.807, 2.05) is 0 Å². The molecule has 168 valence electrons. The van der Waals surface area contributed by atoms with Gasteiger partial charge in [-0.3, -0.25) is 4.79 Å². The van der Waals surface area contributed by atoms with Crippen molar-refractivity contribution in [2.24, 2.45) is 11.8 Å². The van der Waals surface area contributed by atoms with E-state index in [1.54, 1.807) is 0 Å². The minimum absolute atomic E-state index is 0.0518. The van der Waals surface area contributed by atoms with Crippen LogP contribution in [0.4, 0.5) is 0 Å². The molecule has 4 atom stereocenters. The summed E-state index contributed by atoms with van der Waals surface area (Å²) in [5.74, 6) is -0.579. The van der Waals surface area contributed by atoms with Crippen molar-refractivity contribution in [3.8, 4) is 0 Å². The number of carbonyl (C=O) groups excluding carboxylic acids is 1. The minimum Gasteiger partial charge on any atom is -0.469 e. The summed E-state index contributed by atoms with van der Waals surface area (Å²) in [5, 5.41) is 21.0. The number of unbranched alkanes of at least 4 members (excludes halogenated alkanes) is 3. The molecule has 2 aliphatic rings. The number of aliphatic hydroxyl groups excluding tert-OH is 2. The van der Waals surface area contributed by atoms with Crippen molar-refractivity contribution >= 4 is 5.97 Å². The van der Waals surface area contributed by atoms with E-state index in [2.05, 4.69) is 23.8 Å². The highest BCUT2D eigenvalue weighted by Crippen LogP contribution is 2.41. The molecule has 0 aromatic heterocycles. The number of esters is 1. The third-order valence-corrected chi connectivity index (χ3v) is 6.41. The zero-order valence-corrected chi connectivity index (χ0v) is 18.2. The Kier molecular flexibility index (Phi) is 10.6. The van der Waals surface area contributed by atoms with Gasteiger partial charge >= 0.3 is 5.97 Å². The zero-order chi connectivity index (χ0) is 21.1. The van der Waals surface area contributed by atoms with Crippen LogP contribution >= 0.6 is 0 Å². The first-order valence-corrected chi connectivity index (χ1v) is 11.4. The van der Waals surface area contributed by atoms with Crippen LogP contribution in [-0.4, -0.2) is 54.5 Å². The van der Waals surface area contributed by atoms with Crippen LogP contribution in [0.15, 0.2) is 12.2 Å². The highest BCUT2D eigenvalue weighted by atomic mass is 16.7. The maximum atomic E-state index is 11.1. The van der Waals surface area contributed by atoms with Gasteiger partial charge in [0.05, 0.1) is 32.5 Å². The van der Waals surface area contributed by atoms with Crippen molar-refractivity contribution in [1.29, 1.82) is 0 Å². The van der Waals surface area contributed by atoms with Crippen molar-refractivity contribution in [1.82, 2.24) is 0 Å². The first kappa shape index (κ1) is 24.3. The van der Waals surface area contributed by atoms with E-state index in [-0.39, 0.29) is 17.8 Å². The summed E-state index contributed by atoms with van der Waals surface area (Å²) >= 11 is 0. The summed E-state index contributed by atoms with van der Waals surface area (Å²) in [6.45, 7) is 3.46. The van der Waals surface area contributed by atoms with Crippen molar-refractivity contribution in [2.45, 2.75) is 95.5 Å². The van der Waals surface area contributed by atoms with Gasteiger partial charge in [-0.2, -0.15) is 0 Å². The number of rotatable bonds is 13. The predicted molar refractivity (Wildman–Crippen MR) is 111 cm³/mol. The molecule has 1 saturated heterocycles. The number of ether oxygens (including phenoxy) is 3. The molecule has 1 aliphatic carbocycles. The van der Waals surface area contributed by atoms with Crippen LogP contribution in [0.3, 0.4) is 0 Å². The Morgan fingerprint density at radius 2 is 1.79 bits per heavy atom. The number of hydrogen-bond acceptors (Lipinski definition) is 6. The normalized spacial score (nSPS) is 29.0. The molecule has 2 rings (SSSR count). The third kappa shape index (κ3) is 7.67. The fourth-order valence-electron chi connectivity index (χ4n) is 4.69. The second-order valence-electron chi connectivity index (χ2n) is 8.48. The van der Waals surface area contributed by atoms with Gasteiger partial charge in [0.15, 0.2) is 5.79 Å². The van der Waals surface area contributed by atoms with Gasteiger partial charge in [-0.05, 0) is 50.4 Å². The number of hydrogen-bond donors (Lipinski definition) is 2. The summed E-state index contributed by atoms with van der Waals surface area (Å²) in [6.07, 6.45) is 12.3. The monoisotopic (exact) mass is 412 g/mol. The quantitative estimate of drug-likeness (QED) is 0.272. The lowest BCUT2D eigenvalue weighted by atomic mass is 9.85. The van der Waals surface area contributed by atoms with Crippen LogP contribution < -0.4 is 0 Å². The summed E-state index contributed by atoms with van der Waals surface area (Å²) in [4.78, 5) is 11.1. The van der Waals surface area contributed by atoms with E-state index in [0.29, 0.717) is 26.1 Å². The highest BCUT2D eigenvalue weighted by molar-refractivity contribution is 5.69. The van der Waals surface area contributed by atoms with E-state index in [4.69, 9.17) is 9.47 Å². The Morgan fingerprint density at radius 1 is 1.07 bits per heavy atom. The van der Waals surface area contributed by atoms with Crippen LogP contribution in [-0.2, 0) is 19.0 Å². The summed E-state index contributed by atoms with van der Waals surface area (Å²) in [5.41, 5.74) is 0. The molecule has 6 heteroatoms. The van der Waals surface area contributed by atoms with Crippen LogP contribution in [0.25, 0.3) is 0 Å². The van der Waals surface area contributed by atoms with Crippen molar-refractivity contribution < 1.29 is 29.2 Å². The Bertz CT molecular complexity index is 500. The summed E-state index contributed by atoms with van der Waals surface area (Å²) in [6, 6.07) is 0. The Labute approximate surface area is 175 Å². The van der Waals surface area contributed by atoms with Gasteiger partial charge in [0.1, 0.15) is 0 Å². The van der Waals surface area contributed by atoms with Crippen molar-refractivity contribution in [2.75, 3.05) is 20.3 Å². The molecule has 0 radical (unpaired) electrons. The lowest BCUT2D eigenvalue weighted by Gasteiger charge is -2.31. The molecule has 6 nitrogen and oxygen atoms in total. The molecule has 0 spiro atoms. The van der Waals surface area contributed by atoms with Crippen LogP contribution in [0.2, 0.25) is 0 Å². The molecule has 2 N–H and O–H groups in total. The third-order valence-electron chi connectivity index (χ3n) is 6.41. The Hall–Kier alpha value is -0.950. The molecule has 29 heavy (non-hydrogen) atoms. The van der Waals surface area contributed by atoms with Gasteiger partial charge in [0.2, 0.25) is 0 Å². The highest BCUT2D eigenvalue weighted by Gasteiger charge is 2.43. The smallest absolute Gasteiger partial charge is 0.305 e. The van der Waals surface area contributed by atoms with E-state index in [1.165, 1.54) is 13.5 Å². The van der Waals surface area contributed by atoms with Crippen LogP contribution in [0.5, 0.6) is 0 Å². The van der Waals surface area contributed by atoms with Gasteiger partial charge in [-0.25, -0.2) is 0 Å². The SMILES string of the molecule is CCCCCC1(CC[C@@H]2C(CC=CCCCC(=O)OC)C(O)C[C@H]2O)OCCO1. The first-order chi connectivity index (χ1) is 14.0. The van der Waals surface area contributed by atoms with E-state index in [0.717, 1.165) is 51.4 Å². The maximum Gasteiger partial charge on any atom is 0.305 e. The zero-order valence-electron chi connectivity index (χ0n) is 18.2. The van der Waals surface area contributed by atoms with Crippen LogP contribution in [0, 0.1) is 11.8 Å². The number of methoxy groups -OCH3 is 1. The topological polar surface area (TPSA) is 85.2 Å². The molecule has 2 unspecified atom stereocenters. The van der Waals surface area contributed by atoms with Gasteiger partial charge < -0.3 is 24.4 Å². The standard InChI is InChI=1S/C23H40O6/c1-3-4-9-13-23(28-15-16-29-23)14-12-19-18(20(24)17-21(19)25)10-7-5-6-8-11-22(26)27-2/h5,7,18-21,24-25H,3-4,6,8-17H2,1-2H3/t18?,19-,20?,21-/m1/s1. The molecule has 0 aromatic carbocycles. The average Bonchev–Trinajstić information content (AvgIpc) is 3.27. The first-order valence-electron chi connectivity index (χ1n) is 11.4. The Morgan fingerprint density at radius 3 is 2.48 bits per heavy atom. The lowest BCUT2D eigenvalue weighted by molar-refractivity contribution is -0.171. The second kappa shape index (κ2) is 12.7. The summed E-state index contributed by atoms with van der Waals surface area (Å²) < 4.78 is 16.6. The second-order valence-corrected chi connectivity index (χ2v) is 8.48. The van der Waals surface area contributed by atoms with Crippen molar-refractivity contribution in [3.05, 3.63) is 12.2 Å². The minimum atomic E-state index is -0.503.